The van der Waals surface area contributed by atoms with Crippen molar-refractivity contribution in [1.29, 1.82) is 0 Å². The average Bonchev–Trinajstić information content (AvgIpc) is 3.37. The molecule has 2 saturated heterocycles. The van der Waals surface area contributed by atoms with Gasteiger partial charge in [-0.1, -0.05) is 182 Å². The molecule has 0 radical (unpaired) electrons. The van der Waals surface area contributed by atoms with Crippen molar-refractivity contribution in [3.8, 4) is 0 Å². The maximum absolute atomic E-state index is 11.0. The summed E-state index contributed by atoms with van der Waals surface area (Å²) in [6, 6.07) is 58.9. The van der Waals surface area contributed by atoms with Gasteiger partial charge in [-0.05, 0) is 33.4 Å². The van der Waals surface area contributed by atoms with Crippen LogP contribution in [0.4, 0.5) is 0 Å². The van der Waals surface area contributed by atoms with Crippen molar-refractivity contribution < 1.29 is 52.8 Å². The lowest BCUT2D eigenvalue weighted by atomic mass is 9.96. The van der Waals surface area contributed by atoms with Gasteiger partial charge in [0.05, 0.1) is 52.9 Å². The molecule has 5 unspecified atom stereocenters. The molecule has 10 atom stereocenters. The zero-order valence-electron chi connectivity index (χ0n) is 36.3. The third-order valence-electron chi connectivity index (χ3n) is 11.5. The zero-order chi connectivity index (χ0) is 44.5. The van der Waals surface area contributed by atoms with E-state index in [2.05, 4.69) is 0 Å². The molecule has 8 rings (SSSR count). The lowest BCUT2D eigenvalue weighted by Gasteiger charge is -2.49. The number of aliphatic hydroxyl groups is 2. The standard InChI is InChI=1S/C54H58O11/c55-31-45-47(57-33-39-19-7-1-8-20-39)49(59-35-41-23-11-3-12-24-41)51(61-37-43-27-15-5-16-28-43)53(63-45)65-54-52(62-38-44-29-17-6-18-30-44)50(60-36-42-25-13-4-14-26-42)48(46(32-56)64-54)58-34-40-21-9-2-10-22-40/h1-30,45-56H,31-38H2/t45?,46?,47-,48-,49-,50?,51?,52?,53-,54-/m0/s1. The van der Waals surface area contributed by atoms with Gasteiger partial charge in [-0.3, -0.25) is 0 Å². The van der Waals surface area contributed by atoms with Gasteiger partial charge >= 0.3 is 0 Å². The molecular weight excluding hydrogens is 825 g/mol. The molecule has 2 aliphatic rings. The molecule has 0 saturated carbocycles. The van der Waals surface area contributed by atoms with Crippen molar-refractivity contribution in [2.24, 2.45) is 0 Å². The van der Waals surface area contributed by atoms with E-state index in [1.807, 2.05) is 182 Å². The predicted octanol–water partition coefficient (Wildman–Crippen LogP) is 7.95. The molecule has 6 aromatic rings. The van der Waals surface area contributed by atoms with Gasteiger partial charge in [0.2, 0.25) is 0 Å². The Morgan fingerprint density at radius 3 is 0.738 bits per heavy atom. The molecule has 0 aromatic heterocycles. The van der Waals surface area contributed by atoms with Gasteiger partial charge in [-0.2, -0.15) is 0 Å². The Balaban J connectivity index is 1.15. The predicted molar refractivity (Wildman–Crippen MR) is 243 cm³/mol. The van der Waals surface area contributed by atoms with Crippen molar-refractivity contribution in [3.05, 3.63) is 215 Å². The van der Waals surface area contributed by atoms with Crippen molar-refractivity contribution in [2.75, 3.05) is 13.2 Å². The molecule has 0 spiro atoms. The summed E-state index contributed by atoms with van der Waals surface area (Å²) >= 11 is 0. The van der Waals surface area contributed by atoms with Crippen LogP contribution in [-0.2, 0) is 82.3 Å². The molecule has 6 aromatic carbocycles. The maximum Gasteiger partial charge on any atom is 0.190 e. The van der Waals surface area contributed by atoms with E-state index in [1.54, 1.807) is 0 Å². The van der Waals surface area contributed by atoms with Crippen LogP contribution < -0.4 is 0 Å². The summed E-state index contributed by atoms with van der Waals surface area (Å²) in [4.78, 5) is 0. The van der Waals surface area contributed by atoms with Crippen LogP contribution in [0.3, 0.4) is 0 Å². The Labute approximate surface area is 381 Å². The van der Waals surface area contributed by atoms with E-state index in [4.69, 9.17) is 42.6 Å². The van der Waals surface area contributed by atoms with Crippen molar-refractivity contribution >= 4 is 0 Å². The fourth-order valence-corrected chi connectivity index (χ4v) is 8.14. The number of aliphatic hydroxyl groups excluding tert-OH is 2. The van der Waals surface area contributed by atoms with Crippen molar-refractivity contribution in [3.63, 3.8) is 0 Å². The number of hydrogen-bond donors (Lipinski definition) is 2. The second-order valence-corrected chi connectivity index (χ2v) is 16.2. The van der Waals surface area contributed by atoms with Crippen LogP contribution in [0.25, 0.3) is 0 Å². The number of benzene rings is 6. The van der Waals surface area contributed by atoms with Crippen LogP contribution in [0.1, 0.15) is 33.4 Å². The van der Waals surface area contributed by atoms with Gasteiger partial charge in [0.15, 0.2) is 12.6 Å². The van der Waals surface area contributed by atoms with Crippen molar-refractivity contribution in [1.82, 2.24) is 0 Å². The number of rotatable bonds is 22. The highest BCUT2D eigenvalue weighted by Crippen LogP contribution is 2.36. The normalized spacial score (nSPS) is 25.6. The van der Waals surface area contributed by atoms with E-state index >= 15 is 0 Å². The second kappa shape index (κ2) is 24.4. The Kier molecular flexibility index (Phi) is 17.4. The highest BCUT2D eigenvalue weighted by Gasteiger charge is 2.54. The fraction of sp³-hybridized carbons (Fsp3) is 0.333. The molecule has 2 aliphatic heterocycles. The van der Waals surface area contributed by atoms with Crippen LogP contribution in [-0.4, -0.2) is 84.8 Å². The molecule has 11 heteroatoms. The minimum Gasteiger partial charge on any atom is -0.394 e. The minimum absolute atomic E-state index is 0.187. The summed E-state index contributed by atoms with van der Waals surface area (Å²) in [6.07, 6.45) is -9.27. The summed E-state index contributed by atoms with van der Waals surface area (Å²) in [7, 11) is 0. The molecule has 0 amide bonds. The molecule has 2 N–H and O–H groups in total. The van der Waals surface area contributed by atoms with Crippen LogP contribution in [0, 0.1) is 0 Å². The number of hydrogen-bond acceptors (Lipinski definition) is 11. The van der Waals surface area contributed by atoms with E-state index in [0.29, 0.717) is 0 Å². The first-order valence-corrected chi connectivity index (χ1v) is 22.3. The highest BCUT2D eigenvalue weighted by molar-refractivity contribution is 5.18. The third kappa shape index (κ3) is 13.0. The Hall–Kier alpha value is -5.12. The summed E-state index contributed by atoms with van der Waals surface area (Å²) in [5, 5.41) is 22.1. The lowest BCUT2D eigenvalue weighted by molar-refractivity contribution is -0.393. The number of ether oxygens (including phenoxy) is 9. The topological polar surface area (TPSA) is 124 Å². The van der Waals surface area contributed by atoms with Crippen molar-refractivity contribution in [2.45, 2.75) is 101 Å². The molecule has 2 fully saturated rings. The summed E-state index contributed by atoms with van der Waals surface area (Å²) in [5.41, 5.74) is 5.62. The summed E-state index contributed by atoms with van der Waals surface area (Å²) < 4.78 is 61.0. The first-order chi connectivity index (χ1) is 32.1. The Morgan fingerprint density at radius 1 is 0.292 bits per heavy atom. The van der Waals surface area contributed by atoms with Crippen LogP contribution in [0.2, 0.25) is 0 Å². The molecule has 2 heterocycles. The molecule has 11 nitrogen and oxygen atoms in total. The Bertz CT molecular complexity index is 2050. The largest absolute Gasteiger partial charge is 0.394 e. The average molecular weight is 883 g/mol. The van der Waals surface area contributed by atoms with Gasteiger partial charge < -0.3 is 52.8 Å². The molecule has 0 aliphatic carbocycles. The quantitative estimate of drug-likeness (QED) is 0.0691. The van der Waals surface area contributed by atoms with E-state index in [9.17, 15) is 10.2 Å². The van der Waals surface area contributed by atoms with E-state index in [1.165, 1.54) is 0 Å². The molecular formula is C54H58O11. The fourth-order valence-electron chi connectivity index (χ4n) is 8.14. The highest BCUT2D eigenvalue weighted by atomic mass is 16.8. The van der Waals surface area contributed by atoms with E-state index < -0.39 is 74.6 Å². The maximum atomic E-state index is 11.0. The van der Waals surface area contributed by atoms with Gasteiger partial charge in [0.25, 0.3) is 0 Å². The smallest absolute Gasteiger partial charge is 0.190 e. The third-order valence-corrected chi connectivity index (χ3v) is 11.5. The second-order valence-electron chi connectivity index (χ2n) is 16.2. The first-order valence-electron chi connectivity index (χ1n) is 22.3. The molecule has 0 bridgehead atoms. The summed E-state index contributed by atoms with van der Waals surface area (Å²) in [5.74, 6) is 0. The van der Waals surface area contributed by atoms with Gasteiger partial charge in [-0.25, -0.2) is 0 Å². The summed E-state index contributed by atoms with van der Waals surface area (Å²) in [6.45, 7) is 0.461. The zero-order valence-corrected chi connectivity index (χ0v) is 36.3. The minimum atomic E-state index is -1.20. The van der Waals surface area contributed by atoms with Crippen LogP contribution >= 0.6 is 0 Å². The lowest BCUT2D eigenvalue weighted by Crippen LogP contribution is -2.65. The van der Waals surface area contributed by atoms with Gasteiger partial charge in [-0.15, -0.1) is 0 Å². The van der Waals surface area contributed by atoms with Gasteiger partial charge in [0.1, 0.15) is 48.8 Å². The van der Waals surface area contributed by atoms with Gasteiger partial charge in [0, 0.05) is 0 Å². The monoisotopic (exact) mass is 882 g/mol. The molecule has 340 valence electrons. The van der Waals surface area contributed by atoms with Crippen LogP contribution in [0.15, 0.2) is 182 Å². The molecule has 65 heavy (non-hydrogen) atoms. The van der Waals surface area contributed by atoms with E-state index in [0.717, 1.165) is 33.4 Å². The SMILES string of the molecule is OCC1O[C@@H](O[C@@H]2OC(CO)[C@H](OCc3ccccc3)[C@H](OCc3ccccc3)C2OCc2ccccc2)C(OCc2ccccc2)C(OCc2ccccc2)[C@H]1OCc1ccccc1. The van der Waals surface area contributed by atoms with Crippen LogP contribution in [0.5, 0.6) is 0 Å². The first kappa shape index (κ1) is 46.4. The van der Waals surface area contributed by atoms with E-state index in [-0.39, 0.29) is 39.6 Å². The Morgan fingerprint density at radius 2 is 0.508 bits per heavy atom.